The van der Waals surface area contributed by atoms with E-state index >= 15 is 0 Å². The minimum absolute atomic E-state index is 0.0101. The summed E-state index contributed by atoms with van der Waals surface area (Å²) in [5.74, 6) is 0. The van der Waals surface area contributed by atoms with Crippen LogP contribution in [0.4, 0.5) is 34.1 Å². The highest BCUT2D eigenvalue weighted by atomic mass is 15.2. The molecule has 2 aliphatic heterocycles. The quantitative estimate of drug-likeness (QED) is 0.133. The molecule has 0 aromatic heterocycles. The van der Waals surface area contributed by atoms with Crippen molar-refractivity contribution in [3.05, 3.63) is 296 Å². The fourth-order valence-electron chi connectivity index (χ4n) is 13.1. The maximum Gasteiger partial charge on any atom is 0.252 e. The molecule has 398 valence electrons. The van der Waals surface area contributed by atoms with Gasteiger partial charge in [-0.3, -0.25) is 0 Å². The third-order valence-electron chi connectivity index (χ3n) is 17.1. The van der Waals surface area contributed by atoms with Gasteiger partial charge in [0.25, 0.3) is 6.71 Å². The van der Waals surface area contributed by atoms with Gasteiger partial charge >= 0.3 is 0 Å². The molecule has 0 amide bonds. The van der Waals surface area contributed by atoms with E-state index in [-0.39, 0.29) is 17.5 Å². The van der Waals surface area contributed by atoms with Gasteiger partial charge in [-0.05, 0) is 118 Å². The van der Waals surface area contributed by atoms with Crippen LogP contribution in [0.25, 0.3) is 77.9 Å². The monoisotopic (exact) mass is 1060 g/mol. The number of benzene rings is 12. The summed E-state index contributed by atoms with van der Waals surface area (Å²) in [5.41, 5.74) is 29.6. The Morgan fingerprint density at radius 2 is 0.614 bits per heavy atom. The molecule has 0 atom stereocenters. The molecule has 0 fully saturated rings. The second-order valence-corrected chi connectivity index (χ2v) is 24.4. The molecule has 2 aliphatic rings. The van der Waals surface area contributed by atoms with Crippen molar-refractivity contribution < 1.29 is 0 Å². The molecule has 0 bridgehead atoms. The van der Waals surface area contributed by atoms with Crippen LogP contribution in [0.3, 0.4) is 0 Å². The Kier molecular flexibility index (Phi) is 12.8. The number of hydrogen-bond acceptors (Lipinski definition) is 2. The summed E-state index contributed by atoms with van der Waals surface area (Å²) >= 11 is 0. The van der Waals surface area contributed by atoms with Crippen LogP contribution in [0.1, 0.15) is 52.7 Å². The van der Waals surface area contributed by atoms with Gasteiger partial charge in [-0.25, -0.2) is 0 Å². The molecule has 0 N–H and O–H groups in total. The molecule has 14 rings (SSSR count). The Morgan fingerprint density at radius 3 is 1.00 bits per heavy atom. The molecule has 2 heterocycles. The average Bonchev–Trinajstić information content (AvgIpc) is 2.25. The maximum absolute atomic E-state index is 2.66. The normalized spacial score (nSPS) is 12.6. The first-order valence-electron chi connectivity index (χ1n) is 29.3. The van der Waals surface area contributed by atoms with Gasteiger partial charge in [-0.15, -0.1) is 0 Å². The smallest absolute Gasteiger partial charge is 0.252 e. The van der Waals surface area contributed by atoms with Crippen LogP contribution in [-0.2, 0) is 10.8 Å². The van der Waals surface area contributed by atoms with Gasteiger partial charge in [-0.2, -0.15) is 0 Å². The summed E-state index contributed by atoms with van der Waals surface area (Å²) in [7, 11) is 0. The lowest BCUT2D eigenvalue weighted by Gasteiger charge is -2.46. The number of nitrogens with zero attached hydrogens (tertiary/aromatic N) is 2. The molecule has 0 spiro atoms. The van der Waals surface area contributed by atoms with Crippen molar-refractivity contribution in [2.45, 2.75) is 52.4 Å². The van der Waals surface area contributed by atoms with Crippen molar-refractivity contribution in [1.29, 1.82) is 0 Å². The molecule has 3 heteroatoms. The zero-order chi connectivity index (χ0) is 56.4. The lowest BCUT2D eigenvalue weighted by molar-refractivity contribution is 0.570. The first-order valence-corrected chi connectivity index (χ1v) is 29.3. The molecule has 0 saturated carbocycles. The average molecular weight is 1070 g/mol. The summed E-state index contributed by atoms with van der Waals surface area (Å²) in [5, 5.41) is 0. The summed E-state index contributed by atoms with van der Waals surface area (Å²) < 4.78 is 0. The van der Waals surface area contributed by atoms with E-state index in [4.69, 9.17) is 0 Å². The zero-order valence-corrected chi connectivity index (χ0v) is 48.1. The van der Waals surface area contributed by atoms with Crippen molar-refractivity contribution in [3.8, 4) is 77.9 Å². The SMILES string of the molecule is CC(C)(C)c1ccc(-c2ccc3c(c2)B2c4cc(-c5ccccc5)ccc4N(c4c(-c5ccccc5)cccc4-c4ccccc4)c4cc(-c5ccccc5)cc(c42)N3c2c(-c3ccccc3)cccc2-c2ccccc2)c(C(C)(C)C)c1. The Labute approximate surface area is 490 Å². The Hall–Kier alpha value is -9.70. The third kappa shape index (κ3) is 9.18. The van der Waals surface area contributed by atoms with Crippen molar-refractivity contribution in [3.63, 3.8) is 0 Å². The van der Waals surface area contributed by atoms with E-state index in [1.807, 2.05) is 0 Å². The standard InChI is InChI=1S/C80H65BN2/c1-79(2,3)63-45-46-64(69(53-63)80(4,5)6)61-44-48-73-71(50-61)81-70-49-60(54-27-13-7-14-28-54)43-47-72(70)82(77-65(56-31-17-9-18-32-56)39-25-40-66(77)57-33-19-10-20-34-57)74-51-62(55-29-15-8-16-30-55)52-75(76(74)81)83(73)78-67(58-35-21-11-22-36-58)41-26-42-68(78)59-37-23-12-24-38-59/h7-53H,1-6H3. The number of rotatable bonds is 9. The molecule has 0 radical (unpaired) electrons. The minimum atomic E-state index is -0.189. The van der Waals surface area contributed by atoms with Gasteiger partial charge in [0.05, 0.1) is 11.4 Å². The Balaban J connectivity index is 1.17. The van der Waals surface area contributed by atoms with Crippen LogP contribution in [-0.4, -0.2) is 6.71 Å². The second-order valence-electron chi connectivity index (χ2n) is 24.4. The maximum atomic E-state index is 2.66. The molecule has 12 aromatic carbocycles. The van der Waals surface area contributed by atoms with E-state index in [1.54, 1.807) is 0 Å². The van der Waals surface area contributed by atoms with Crippen molar-refractivity contribution in [2.75, 3.05) is 9.80 Å². The van der Waals surface area contributed by atoms with Gasteiger partial charge < -0.3 is 9.80 Å². The number of anilines is 6. The highest BCUT2D eigenvalue weighted by Crippen LogP contribution is 2.54. The van der Waals surface area contributed by atoms with Crippen LogP contribution in [0.5, 0.6) is 0 Å². The largest absolute Gasteiger partial charge is 0.310 e. The third-order valence-corrected chi connectivity index (χ3v) is 17.1. The Bertz CT molecular complexity index is 4240. The van der Waals surface area contributed by atoms with Gasteiger partial charge in [0.2, 0.25) is 0 Å². The highest BCUT2D eigenvalue weighted by molar-refractivity contribution is 7.00. The predicted octanol–water partition coefficient (Wildman–Crippen LogP) is 20.0. The number of fused-ring (bicyclic) bond motifs is 4. The van der Waals surface area contributed by atoms with Crippen LogP contribution < -0.4 is 26.2 Å². The number of hydrogen-bond donors (Lipinski definition) is 0. The van der Waals surface area contributed by atoms with Crippen molar-refractivity contribution in [1.82, 2.24) is 0 Å². The van der Waals surface area contributed by atoms with E-state index in [0.717, 1.165) is 89.8 Å². The molecule has 0 aliphatic carbocycles. The highest BCUT2D eigenvalue weighted by Gasteiger charge is 2.46. The topological polar surface area (TPSA) is 6.48 Å². The van der Waals surface area contributed by atoms with E-state index in [0.29, 0.717) is 0 Å². The lowest BCUT2D eigenvalue weighted by Crippen LogP contribution is -2.61. The fraction of sp³-hybridized carbons (Fsp3) is 0.100. The van der Waals surface area contributed by atoms with Crippen LogP contribution in [0.2, 0.25) is 0 Å². The molecule has 0 saturated heterocycles. The molecule has 12 aromatic rings. The van der Waals surface area contributed by atoms with Gasteiger partial charge in [0.15, 0.2) is 0 Å². The summed E-state index contributed by atoms with van der Waals surface area (Å²) in [4.78, 5) is 5.30. The fourth-order valence-corrected chi connectivity index (χ4v) is 13.1. The molecular formula is C80H65BN2. The van der Waals surface area contributed by atoms with Gasteiger partial charge in [0.1, 0.15) is 0 Å². The predicted molar refractivity (Wildman–Crippen MR) is 356 cm³/mol. The van der Waals surface area contributed by atoms with Crippen molar-refractivity contribution in [2.24, 2.45) is 0 Å². The zero-order valence-electron chi connectivity index (χ0n) is 48.1. The summed E-state index contributed by atoms with van der Waals surface area (Å²) in [6.07, 6.45) is 0. The molecule has 83 heavy (non-hydrogen) atoms. The van der Waals surface area contributed by atoms with E-state index < -0.39 is 0 Å². The van der Waals surface area contributed by atoms with Gasteiger partial charge in [0, 0.05) is 45.0 Å². The van der Waals surface area contributed by atoms with Crippen LogP contribution in [0, 0.1) is 0 Å². The van der Waals surface area contributed by atoms with E-state index in [1.165, 1.54) is 49.8 Å². The number of para-hydroxylation sites is 2. The van der Waals surface area contributed by atoms with Crippen molar-refractivity contribution >= 4 is 57.2 Å². The van der Waals surface area contributed by atoms with Gasteiger partial charge in [-0.1, -0.05) is 302 Å². The molecular weight excluding hydrogens is 1000 g/mol. The first kappa shape index (κ1) is 51.5. The summed E-state index contributed by atoms with van der Waals surface area (Å²) in [6, 6.07) is 107. The molecule has 2 nitrogen and oxygen atoms in total. The second kappa shape index (κ2) is 20.7. The van der Waals surface area contributed by atoms with Crippen LogP contribution in [0.15, 0.2) is 285 Å². The minimum Gasteiger partial charge on any atom is -0.310 e. The molecule has 0 unspecified atom stereocenters. The van der Waals surface area contributed by atoms with E-state index in [9.17, 15) is 0 Å². The Morgan fingerprint density at radius 1 is 0.253 bits per heavy atom. The summed E-state index contributed by atoms with van der Waals surface area (Å²) in [6.45, 7) is 13.9. The van der Waals surface area contributed by atoms with E-state index in [2.05, 4.69) is 336 Å². The van der Waals surface area contributed by atoms with Crippen LogP contribution >= 0.6 is 0 Å². The lowest BCUT2D eigenvalue weighted by atomic mass is 9.33. The first-order chi connectivity index (χ1) is 40.5.